The van der Waals surface area contributed by atoms with Crippen LogP contribution in [0, 0.1) is 6.92 Å². The van der Waals surface area contributed by atoms with E-state index in [0.717, 1.165) is 15.7 Å². The van der Waals surface area contributed by atoms with Crippen LogP contribution in [0.25, 0.3) is 0 Å². The molecular weight excluding hydrogens is 252 g/mol. The van der Waals surface area contributed by atoms with Gasteiger partial charge in [-0.2, -0.15) is 0 Å². The van der Waals surface area contributed by atoms with Crippen LogP contribution in [0.5, 0.6) is 0 Å². The molecule has 0 spiro atoms. The van der Waals surface area contributed by atoms with Gasteiger partial charge in [-0.3, -0.25) is 4.79 Å². The van der Waals surface area contributed by atoms with Crippen molar-refractivity contribution in [2.24, 2.45) is 0 Å². The maximum absolute atomic E-state index is 11.4. The molecule has 0 aliphatic rings. The summed E-state index contributed by atoms with van der Waals surface area (Å²) in [5.41, 5.74) is 0.818. The molecule has 0 aliphatic heterocycles. The Balaban J connectivity index is 3.03. The fourth-order valence-electron chi connectivity index (χ4n) is 0.893. The Morgan fingerprint density at radius 2 is 2.23 bits per heavy atom. The first-order valence-corrected chi connectivity index (χ1v) is 5.74. The Bertz CT molecular complexity index is 322. The van der Waals surface area contributed by atoms with Gasteiger partial charge in [0.1, 0.15) is 0 Å². The summed E-state index contributed by atoms with van der Waals surface area (Å²) in [5, 5.41) is 1.24. The number of rotatable bonds is 3. The van der Waals surface area contributed by atoms with Crippen molar-refractivity contribution in [3.8, 4) is 0 Å². The summed E-state index contributed by atoms with van der Waals surface area (Å²) in [5.74, 6) is 0.100. The zero-order valence-electron chi connectivity index (χ0n) is 7.80. The zero-order valence-corrected chi connectivity index (χ0v) is 10.2. The zero-order chi connectivity index (χ0) is 10.0. The van der Waals surface area contributed by atoms with E-state index in [1.807, 2.05) is 25.9 Å². The predicted molar refractivity (Wildman–Crippen MR) is 59.3 cm³/mol. The molecule has 3 nitrogen and oxygen atoms in total. The van der Waals surface area contributed by atoms with Crippen molar-refractivity contribution in [2.45, 2.75) is 6.92 Å². The molecule has 0 atom stereocenters. The molecule has 0 N–H and O–H groups in total. The average molecular weight is 263 g/mol. The molecule has 0 fully saturated rings. The number of aryl methyl sites for hydroxylation is 1. The second kappa shape index (κ2) is 4.19. The van der Waals surface area contributed by atoms with E-state index < -0.39 is 0 Å². The first kappa shape index (κ1) is 10.7. The summed E-state index contributed by atoms with van der Waals surface area (Å²) in [6.07, 6.45) is 0. The maximum atomic E-state index is 11.4. The van der Waals surface area contributed by atoms with E-state index in [0.29, 0.717) is 5.33 Å². The molecule has 0 unspecified atom stereocenters. The van der Waals surface area contributed by atoms with Crippen molar-refractivity contribution < 1.29 is 4.79 Å². The van der Waals surface area contributed by atoms with E-state index in [2.05, 4.69) is 20.9 Å². The smallest absolute Gasteiger partial charge is 0.185 e. The lowest BCUT2D eigenvalue weighted by atomic mass is 10.3. The van der Waals surface area contributed by atoms with Crippen LogP contribution in [0.15, 0.2) is 0 Å². The van der Waals surface area contributed by atoms with Gasteiger partial charge in [0.2, 0.25) is 0 Å². The minimum absolute atomic E-state index is 0.100. The van der Waals surface area contributed by atoms with Gasteiger partial charge in [0.05, 0.1) is 15.9 Å². The second-order valence-electron chi connectivity index (χ2n) is 2.86. The van der Waals surface area contributed by atoms with Crippen molar-refractivity contribution in [1.29, 1.82) is 0 Å². The Kier molecular flexibility index (Phi) is 3.44. The fraction of sp³-hybridized carbons (Fsp3) is 0.500. The topological polar surface area (TPSA) is 33.2 Å². The second-order valence-corrected chi connectivity index (χ2v) is 4.40. The maximum Gasteiger partial charge on any atom is 0.185 e. The molecular formula is C8H11BrN2OS. The number of ketones is 1. The monoisotopic (exact) mass is 262 g/mol. The van der Waals surface area contributed by atoms with Gasteiger partial charge in [-0.05, 0) is 6.92 Å². The van der Waals surface area contributed by atoms with Gasteiger partial charge in [0.25, 0.3) is 0 Å². The van der Waals surface area contributed by atoms with Crippen LogP contribution >= 0.6 is 27.3 Å². The highest BCUT2D eigenvalue weighted by Gasteiger charge is 2.14. The van der Waals surface area contributed by atoms with Gasteiger partial charge in [-0.15, -0.1) is 0 Å². The van der Waals surface area contributed by atoms with Crippen molar-refractivity contribution >= 4 is 38.2 Å². The van der Waals surface area contributed by atoms with E-state index in [-0.39, 0.29) is 5.78 Å². The number of nitrogens with zero attached hydrogens (tertiary/aromatic N) is 2. The highest BCUT2D eigenvalue weighted by molar-refractivity contribution is 9.09. The van der Waals surface area contributed by atoms with Gasteiger partial charge in [0.15, 0.2) is 10.9 Å². The number of alkyl halides is 1. The third-order valence-corrected chi connectivity index (χ3v) is 3.42. The SMILES string of the molecule is Cc1nc(N(C)C)sc1C(=O)CBr. The highest BCUT2D eigenvalue weighted by Crippen LogP contribution is 2.25. The molecule has 72 valence electrons. The molecule has 1 heterocycles. The molecule has 0 saturated heterocycles. The van der Waals surface area contributed by atoms with E-state index in [4.69, 9.17) is 0 Å². The predicted octanol–water partition coefficient (Wildman–Crippen LogP) is 2.10. The Labute approximate surface area is 89.9 Å². The van der Waals surface area contributed by atoms with Crippen LogP contribution in [0.4, 0.5) is 5.13 Å². The lowest BCUT2D eigenvalue weighted by Gasteiger charge is -2.04. The van der Waals surface area contributed by atoms with Crippen LogP contribution in [0.1, 0.15) is 15.4 Å². The minimum atomic E-state index is 0.100. The quantitative estimate of drug-likeness (QED) is 0.618. The third kappa shape index (κ3) is 2.28. The highest BCUT2D eigenvalue weighted by atomic mass is 79.9. The van der Waals surface area contributed by atoms with E-state index in [1.165, 1.54) is 11.3 Å². The number of carbonyl (C=O) groups excluding carboxylic acids is 1. The first-order valence-electron chi connectivity index (χ1n) is 3.80. The summed E-state index contributed by atoms with van der Waals surface area (Å²) >= 11 is 4.58. The number of thiazole rings is 1. The van der Waals surface area contributed by atoms with Crippen LogP contribution in [-0.2, 0) is 0 Å². The summed E-state index contributed by atoms with van der Waals surface area (Å²) in [6, 6.07) is 0. The molecule has 0 aliphatic carbocycles. The third-order valence-electron chi connectivity index (χ3n) is 1.54. The summed E-state index contributed by atoms with van der Waals surface area (Å²) in [6.45, 7) is 1.86. The molecule has 0 saturated carbocycles. The van der Waals surface area contributed by atoms with Crippen molar-refractivity contribution in [3.05, 3.63) is 10.6 Å². The minimum Gasteiger partial charge on any atom is -0.354 e. The fourth-order valence-corrected chi connectivity index (χ4v) is 2.29. The van der Waals surface area contributed by atoms with E-state index >= 15 is 0 Å². The number of hydrogen-bond donors (Lipinski definition) is 0. The molecule has 1 aromatic rings. The largest absolute Gasteiger partial charge is 0.354 e. The molecule has 13 heavy (non-hydrogen) atoms. The van der Waals surface area contributed by atoms with Gasteiger partial charge in [-0.1, -0.05) is 27.3 Å². The molecule has 0 bridgehead atoms. The Morgan fingerprint density at radius 1 is 1.62 bits per heavy atom. The Hall–Kier alpha value is -0.420. The summed E-state index contributed by atoms with van der Waals surface area (Å²) in [4.78, 5) is 18.3. The molecule has 0 amide bonds. The van der Waals surface area contributed by atoms with Crippen molar-refractivity contribution in [1.82, 2.24) is 4.98 Å². The van der Waals surface area contributed by atoms with Crippen LogP contribution in [0.2, 0.25) is 0 Å². The van der Waals surface area contributed by atoms with E-state index in [9.17, 15) is 4.79 Å². The van der Waals surface area contributed by atoms with Gasteiger partial charge in [-0.25, -0.2) is 4.98 Å². The van der Waals surface area contributed by atoms with Crippen LogP contribution < -0.4 is 4.90 Å². The molecule has 1 aromatic heterocycles. The summed E-state index contributed by atoms with van der Waals surface area (Å²) in [7, 11) is 3.83. The van der Waals surface area contributed by atoms with Crippen LogP contribution in [-0.4, -0.2) is 30.2 Å². The lowest BCUT2D eigenvalue weighted by molar-refractivity contribution is 0.102. The number of hydrogen-bond acceptors (Lipinski definition) is 4. The number of aromatic nitrogens is 1. The first-order chi connectivity index (χ1) is 6.06. The molecule has 1 rings (SSSR count). The van der Waals surface area contributed by atoms with Crippen molar-refractivity contribution in [2.75, 3.05) is 24.3 Å². The van der Waals surface area contributed by atoms with Gasteiger partial charge >= 0.3 is 0 Å². The van der Waals surface area contributed by atoms with Gasteiger partial charge in [0, 0.05) is 14.1 Å². The Morgan fingerprint density at radius 3 is 2.62 bits per heavy atom. The lowest BCUT2D eigenvalue weighted by Crippen LogP contribution is -2.07. The number of halogens is 1. The van der Waals surface area contributed by atoms with E-state index in [1.54, 1.807) is 0 Å². The standard InChI is InChI=1S/C8H11BrN2OS/c1-5-7(6(12)4-9)13-8(10-5)11(2)3/h4H2,1-3H3. The number of anilines is 1. The van der Waals surface area contributed by atoms with Crippen molar-refractivity contribution in [3.63, 3.8) is 0 Å². The molecule has 5 heteroatoms. The molecule has 0 aromatic carbocycles. The van der Waals surface area contributed by atoms with Gasteiger partial charge < -0.3 is 4.90 Å². The molecule has 0 radical (unpaired) electrons. The number of Topliss-reactive ketones (excluding diaryl/α,β-unsaturated/α-hetero) is 1. The average Bonchev–Trinajstić information content (AvgIpc) is 2.46. The van der Waals surface area contributed by atoms with Crippen LogP contribution in [0.3, 0.4) is 0 Å². The summed E-state index contributed by atoms with van der Waals surface area (Å²) < 4.78 is 0. The number of carbonyl (C=O) groups is 1. The normalized spacial score (nSPS) is 10.2.